The number of anilines is 1. The maximum atomic E-state index is 11.8. The molecule has 4 nitrogen and oxygen atoms in total. The van der Waals surface area contributed by atoms with Gasteiger partial charge in [-0.3, -0.25) is 9.80 Å². The SMILES string of the molecule is CCCCCCCN(C(=O)O)c1ccc2c(c1)C1CCN(CC)C2C1. The normalized spacial score (nSPS) is 22.0. The molecule has 1 aromatic carbocycles. The molecule has 1 aliphatic carbocycles. The number of likely N-dealkylation sites (tertiary alicyclic amines) is 1. The molecule has 0 radical (unpaired) electrons. The van der Waals surface area contributed by atoms with Crippen molar-refractivity contribution in [2.75, 3.05) is 24.5 Å². The third kappa shape index (κ3) is 3.84. The first-order chi connectivity index (χ1) is 12.2. The van der Waals surface area contributed by atoms with Crippen LogP contribution in [0, 0.1) is 0 Å². The van der Waals surface area contributed by atoms with Gasteiger partial charge in [-0.05, 0) is 61.5 Å². The number of unbranched alkanes of at least 4 members (excludes halogenated alkanes) is 4. The molecule has 0 aromatic heterocycles. The summed E-state index contributed by atoms with van der Waals surface area (Å²) in [5.41, 5.74) is 3.69. The fourth-order valence-corrected chi connectivity index (χ4v) is 4.59. The Kier molecular flexibility index (Phi) is 6.00. The van der Waals surface area contributed by atoms with Gasteiger partial charge in [0.1, 0.15) is 0 Å². The van der Waals surface area contributed by atoms with Crippen LogP contribution in [0.25, 0.3) is 0 Å². The molecule has 1 aliphatic heterocycles. The number of rotatable bonds is 8. The van der Waals surface area contributed by atoms with E-state index >= 15 is 0 Å². The van der Waals surface area contributed by atoms with Crippen LogP contribution in [0.3, 0.4) is 0 Å². The Morgan fingerprint density at radius 2 is 2.00 bits per heavy atom. The molecule has 4 heteroatoms. The second-order valence-electron chi connectivity index (χ2n) is 7.53. The zero-order chi connectivity index (χ0) is 17.8. The number of hydrogen-bond acceptors (Lipinski definition) is 2. The van der Waals surface area contributed by atoms with Gasteiger partial charge in [-0.1, -0.05) is 45.6 Å². The maximum Gasteiger partial charge on any atom is 0.411 e. The quantitative estimate of drug-likeness (QED) is 0.643. The fourth-order valence-electron chi connectivity index (χ4n) is 4.59. The minimum Gasteiger partial charge on any atom is -0.465 e. The minimum atomic E-state index is -0.827. The minimum absolute atomic E-state index is 0.542. The van der Waals surface area contributed by atoms with Crippen molar-refractivity contribution in [3.63, 3.8) is 0 Å². The van der Waals surface area contributed by atoms with Gasteiger partial charge in [-0.2, -0.15) is 0 Å². The summed E-state index contributed by atoms with van der Waals surface area (Å²) in [5, 5.41) is 9.66. The van der Waals surface area contributed by atoms with Crippen molar-refractivity contribution < 1.29 is 9.90 Å². The molecule has 0 spiro atoms. The molecule has 2 unspecified atom stereocenters. The molecule has 2 aliphatic rings. The molecule has 1 heterocycles. The zero-order valence-electron chi connectivity index (χ0n) is 15.7. The molecule has 1 fully saturated rings. The number of carboxylic acid groups (broad SMARTS) is 1. The number of hydrogen-bond donors (Lipinski definition) is 1. The van der Waals surface area contributed by atoms with Gasteiger partial charge in [0.15, 0.2) is 0 Å². The first-order valence-electron chi connectivity index (χ1n) is 10.0. The third-order valence-electron chi connectivity index (χ3n) is 6.02. The Bertz CT molecular complexity index is 602. The largest absolute Gasteiger partial charge is 0.465 e. The van der Waals surface area contributed by atoms with E-state index in [9.17, 15) is 9.90 Å². The molecular weight excluding hydrogens is 312 g/mol. The highest BCUT2D eigenvalue weighted by atomic mass is 16.4. The summed E-state index contributed by atoms with van der Waals surface area (Å²) in [5.74, 6) is 0.614. The summed E-state index contributed by atoms with van der Waals surface area (Å²) in [7, 11) is 0. The van der Waals surface area contributed by atoms with Gasteiger partial charge in [0, 0.05) is 18.3 Å². The average Bonchev–Trinajstić information content (AvgIpc) is 2.90. The van der Waals surface area contributed by atoms with E-state index in [2.05, 4.69) is 30.9 Å². The first-order valence-corrected chi connectivity index (χ1v) is 10.0. The Labute approximate surface area is 151 Å². The van der Waals surface area contributed by atoms with E-state index in [0.717, 1.165) is 31.6 Å². The number of benzene rings is 1. The van der Waals surface area contributed by atoms with Crippen LogP contribution in [0.5, 0.6) is 0 Å². The van der Waals surface area contributed by atoms with Crippen LogP contribution in [-0.4, -0.2) is 35.7 Å². The van der Waals surface area contributed by atoms with Crippen molar-refractivity contribution in [3.05, 3.63) is 29.3 Å². The second-order valence-corrected chi connectivity index (χ2v) is 7.53. The highest BCUT2D eigenvalue weighted by Crippen LogP contribution is 2.49. The summed E-state index contributed by atoms with van der Waals surface area (Å²) in [6.07, 6.45) is 7.28. The third-order valence-corrected chi connectivity index (χ3v) is 6.02. The lowest BCUT2D eigenvalue weighted by molar-refractivity contribution is 0.161. The molecule has 0 saturated carbocycles. The van der Waals surface area contributed by atoms with Crippen LogP contribution < -0.4 is 4.90 Å². The van der Waals surface area contributed by atoms with E-state index in [1.807, 2.05) is 6.07 Å². The number of nitrogens with zero attached hydrogens (tertiary/aromatic N) is 2. The van der Waals surface area contributed by atoms with Crippen molar-refractivity contribution in [1.82, 2.24) is 4.90 Å². The highest BCUT2D eigenvalue weighted by Gasteiger charge is 2.38. The lowest BCUT2D eigenvalue weighted by Crippen LogP contribution is -2.31. The second kappa shape index (κ2) is 8.22. The topological polar surface area (TPSA) is 43.8 Å². The Balaban J connectivity index is 1.73. The van der Waals surface area contributed by atoms with Crippen molar-refractivity contribution >= 4 is 11.8 Å². The zero-order valence-corrected chi connectivity index (χ0v) is 15.7. The van der Waals surface area contributed by atoms with Crippen molar-refractivity contribution in [2.45, 2.75) is 70.8 Å². The molecule has 138 valence electrons. The van der Waals surface area contributed by atoms with E-state index in [1.165, 1.54) is 43.2 Å². The highest BCUT2D eigenvalue weighted by molar-refractivity contribution is 5.86. The molecular formula is C21H32N2O2. The van der Waals surface area contributed by atoms with E-state index in [1.54, 1.807) is 4.90 Å². The van der Waals surface area contributed by atoms with Crippen LogP contribution in [-0.2, 0) is 0 Å². The van der Waals surface area contributed by atoms with Gasteiger partial charge in [-0.15, -0.1) is 0 Å². The fraction of sp³-hybridized carbons (Fsp3) is 0.667. The molecule has 1 N–H and O–H groups in total. The van der Waals surface area contributed by atoms with Crippen LogP contribution in [0.4, 0.5) is 10.5 Å². The molecule has 2 atom stereocenters. The molecule has 1 saturated heterocycles. The van der Waals surface area contributed by atoms with Crippen LogP contribution >= 0.6 is 0 Å². The van der Waals surface area contributed by atoms with E-state index in [4.69, 9.17) is 0 Å². The number of piperidine rings is 1. The summed E-state index contributed by atoms with van der Waals surface area (Å²) >= 11 is 0. The monoisotopic (exact) mass is 344 g/mol. The lowest BCUT2D eigenvalue weighted by Gasteiger charge is -2.32. The van der Waals surface area contributed by atoms with Crippen molar-refractivity contribution in [1.29, 1.82) is 0 Å². The molecule has 1 amide bonds. The van der Waals surface area contributed by atoms with Crippen LogP contribution in [0.1, 0.15) is 81.9 Å². The summed E-state index contributed by atoms with van der Waals surface area (Å²) < 4.78 is 0. The van der Waals surface area contributed by atoms with Gasteiger partial charge >= 0.3 is 6.09 Å². The standard InChI is InChI=1S/C21H32N2O2/c1-3-5-6-7-8-12-23(21(24)25)17-9-10-18-19(15-17)16-11-13-22(4-2)20(18)14-16/h9-10,15-16,20H,3-8,11-14H2,1-2H3,(H,24,25). The molecule has 25 heavy (non-hydrogen) atoms. The summed E-state index contributed by atoms with van der Waals surface area (Å²) in [6, 6.07) is 6.92. The van der Waals surface area contributed by atoms with Gasteiger partial charge < -0.3 is 5.11 Å². The molecule has 2 bridgehead atoms. The Morgan fingerprint density at radius 1 is 1.20 bits per heavy atom. The smallest absolute Gasteiger partial charge is 0.411 e. The molecule has 1 aromatic rings. The summed E-state index contributed by atoms with van der Waals surface area (Å²) in [6.45, 7) is 7.29. The van der Waals surface area contributed by atoms with Crippen molar-refractivity contribution in [2.24, 2.45) is 0 Å². The van der Waals surface area contributed by atoms with Gasteiger partial charge in [0.25, 0.3) is 0 Å². The summed E-state index contributed by atoms with van der Waals surface area (Å²) in [4.78, 5) is 15.9. The predicted molar refractivity (Wildman–Crippen MR) is 103 cm³/mol. The van der Waals surface area contributed by atoms with E-state index < -0.39 is 6.09 Å². The van der Waals surface area contributed by atoms with Crippen molar-refractivity contribution in [3.8, 4) is 0 Å². The predicted octanol–water partition coefficient (Wildman–Crippen LogP) is 5.40. The van der Waals surface area contributed by atoms with Gasteiger partial charge in [-0.25, -0.2) is 4.79 Å². The Morgan fingerprint density at radius 3 is 2.72 bits per heavy atom. The number of amides is 1. The Hall–Kier alpha value is -1.55. The van der Waals surface area contributed by atoms with Crippen LogP contribution in [0.15, 0.2) is 18.2 Å². The number of fused-ring (bicyclic) bond motifs is 5. The maximum absolute atomic E-state index is 11.8. The van der Waals surface area contributed by atoms with Gasteiger partial charge in [0.2, 0.25) is 0 Å². The van der Waals surface area contributed by atoms with E-state index in [-0.39, 0.29) is 0 Å². The molecule has 3 rings (SSSR count). The lowest BCUT2D eigenvalue weighted by atomic mass is 9.95. The van der Waals surface area contributed by atoms with Crippen LogP contribution in [0.2, 0.25) is 0 Å². The van der Waals surface area contributed by atoms with E-state index in [0.29, 0.717) is 18.5 Å². The first kappa shape index (κ1) is 18.2. The number of carbonyl (C=O) groups is 1. The van der Waals surface area contributed by atoms with Gasteiger partial charge in [0.05, 0.1) is 0 Å². The average molecular weight is 344 g/mol.